The van der Waals surface area contributed by atoms with Crippen molar-refractivity contribution in [2.45, 2.75) is 6.92 Å². The number of hydrogen-bond donors (Lipinski definition) is 0. The first-order valence-corrected chi connectivity index (χ1v) is 7.08. The second-order valence-corrected chi connectivity index (χ2v) is 5.31. The topological polar surface area (TPSA) is 22.0 Å². The Labute approximate surface area is 128 Å². The predicted octanol–water partition coefficient (Wildman–Crippen LogP) is 4.81. The lowest BCUT2D eigenvalue weighted by Crippen LogP contribution is -2.14. The van der Waals surface area contributed by atoms with E-state index in [-0.39, 0.29) is 5.91 Å². The lowest BCUT2D eigenvalue weighted by atomic mass is 10.1. The van der Waals surface area contributed by atoms with Gasteiger partial charge in [-0.1, -0.05) is 41.9 Å². The van der Waals surface area contributed by atoms with Crippen LogP contribution in [0.25, 0.3) is 11.3 Å². The lowest BCUT2D eigenvalue weighted by molar-refractivity contribution is 0.0960. The Kier molecular flexibility index (Phi) is 3.63. The summed E-state index contributed by atoms with van der Waals surface area (Å²) in [5.41, 5.74) is 3.43. The first-order chi connectivity index (χ1) is 10.2. The van der Waals surface area contributed by atoms with Gasteiger partial charge in [0.1, 0.15) is 0 Å². The zero-order valence-corrected chi connectivity index (χ0v) is 12.3. The third kappa shape index (κ3) is 2.63. The molecule has 0 atom stereocenters. The van der Waals surface area contributed by atoms with Crippen molar-refractivity contribution in [1.82, 2.24) is 4.57 Å². The normalized spacial score (nSPS) is 10.6. The highest BCUT2D eigenvalue weighted by atomic mass is 35.5. The maximum Gasteiger partial charge on any atom is 0.262 e. The van der Waals surface area contributed by atoms with Crippen LogP contribution in [0.4, 0.5) is 0 Å². The molecule has 0 saturated heterocycles. The third-order valence-corrected chi connectivity index (χ3v) is 3.69. The molecular formula is C18H14ClNO. The molecule has 3 aromatic rings. The van der Waals surface area contributed by atoms with Gasteiger partial charge in [0.2, 0.25) is 0 Å². The number of carbonyl (C=O) groups is 1. The fourth-order valence-corrected chi connectivity index (χ4v) is 2.49. The van der Waals surface area contributed by atoms with Gasteiger partial charge in [0, 0.05) is 16.3 Å². The maximum absolute atomic E-state index is 12.7. The Balaban J connectivity index is 2.09. The summed E-state index contributed by atoms with van der Waals surface area (Å²) in [5, 5.41) is 0.683. The van der Waals surface area contributed by atoms with Crippen molar-refractivity contribution in [3.8, 4) is 11.3 Å². The number of aromatic nitrogens is 1. The SMILES string of the molecule is Cc1ccc(-c2ccc(Cl)cc2)n1C(=O)c1ccccc1. The average Bonchev–Trinajstić information content (AvgIpc) is 2.90. The summed E-state index contributed by atoms with van der Waals surface area (Å²) >= 11 is 5.93. The second-order valence-electron chi connectivity index (χ2n) is 4.87. The molecule has 21 heavy (non-hydrogen) atoms. The minimum atomic E-state index is -0.0250. The third-order valence-electron chi connectivity index (χ3n) is 3.44. The largest absolute Gasteiger partial charge is 0.280 e. The van der Waals surface area contributed by atoms with Crippen LogP contribution in [0.15, 0.2) is 66.7 Å². The first kappa shape index (κ1) is 13.7. The summed E-state index contributed by atoms with van der Waals surface area (Å²) in [5.74, 6) is -0.0250. The molecule has 1 aromatic heterocycles. The minimum absolute atomic E-state index is 0.0250. The van der Waals surface area contributed by atoms with Gasteiger partial charge in [-0.05, 0) is 48.9 Å². The van der Waals surface area contributed by atoms with E-state index in [4.69, 9.17) is 11.6 Å². The van der Waals surface area contributed by atoms with Crippen molar-refractivity contribution >= 4 is 17.5 Å². The van der Waals surface area contributed by atoms with Crippen molar-refractivity contribution in [3.63, 3.8) is 0 Å². The van der Waals surface area contributed by atoms with Crippen LogP contribution in [0.2, 0.25) is 5.02 Å². The summed E-state index contributed by atoms with van der Waals surface area (Å²) < 4.78 is 1.73. The Bertz CT molecular complexity index is 773. The number of nitrogens with zero attached hydrogens (tertiary/aromatic N) is 1. The predicted molar refractivity (Wildman–Crippen MR) is 85.8 cm³/mol. The fourth-order valence-electron chi connectivity index (χ4n) is 2.36. The van der Waals surface area contributed by atoms with Gasteiger partial charge in [0.15, 0.2) is 0 Å². The fraction of sp³-hybridized carbons (Fsp3) is 0.0556. The van der Waals surface area contributed by atoms with Gasteiger partial charge >= 0.3 is 0 Å². The van der Waals surface area contributed by atoms with Crippen LogP contribution in [-0.4, -0.2) is 10.5 Å². The summed E-state index contributed by atoms with van der Waals surface area (Å²) in [6.45, 7) is 1.93. The van der Waals surface area contributed by atoms with Crippen LogP contribution in [0.1, 0.15) is 16.1 Å². The highest BCUT2D eigenvalue weighted by molar-refractivity contribution is 6.30. The van der Waals surface area contributed by atoms with E-state index < -0.39 is 0 Å². The molecule has 2 nitrogen and oxygen atoms in total. The lowest BCUT2D eigenvalue weighted by Gasteiger charge is -2.10. The molecule has 0 aliphatic carbocycles. The molecule has 0 saturated carbocycles. The number of rotatable bonds is 2. The van der Waals surface area contributed by atoms with Crippen molar-refractivity contribution in [2.75, 3.05) is 0 Å². The van der Waals surface area contributed by atoms with Crippen LogP contribution in [0, 0.1) is 6.92 Å². The van der Waals surface area contributed by atoms with E-state index in [0.29, 0.717) is 10.6 Å². The van der Waals surface area contributed by atoms with E-state index in [1.54, 1.807) is 4.57 Å². The zero-order valence-electron chi connectivity index (χ0n) is 11.6. The molecule has 0 radical (unpaired) electrons. The van der Waals surface area contributed by atoms with E-state index >= 15 is 0 Å². The van der Waals surface area contributed by atoms with Crippen molar-refractivity contribution in [3.05, 3.63) is 83.0 Å². The van der Waals surface area contributed by atoms with Crippen LogP contribution in [0.5, 0.6) is 0 Å². The van der Waals surface area contributed by atoms with Gasteiger partial charge < -0.3 is 0 Å². The quantitative estimate of drug-likeness (QED) is 0.665. The van der Waals surface area contributed by atoms with E-state index in [0.717, 1.165) is 17.0 Å². The molecule has 0 spiro atoms. The molecule has 3 rings (SSSR count). The molecule has 0 aliphatic heterocycles. The highest BCUT2D eigenvalue weighted by Gasteiger charge is 2.15. The highest BCUT2D eigenvalue weighted by Crippen LogP contribution is 2.25. The monoisotopic (exact) mass is 295 g/mol. The minimum Gasteiger partial charge on any atom is -0.280 e. The number of aryl methyl sites for hydroxylation is 1. The Morgan fingerprint density at radius 2 is 1.57 bits per heavy atom. The number of halogens is 1. The van der Waals surface area contributed by atoms with Gasteiger partial charge in [-0.15, -0.1) is 0 Å². The van der Waals surface area contributed by atoms with Crippen molar-refractivity contribution in [2.24, 2.45) is 0 Å². The molecule has 0 N–H and O–H groups in total. The molecule has 104 valence electrons. The molecule has 1 heterocycles. The number of benzene rings is 2. The van der Waals surface area contributed by atoms with E-state index in [2.05, 4.69) is 0 Å². The van der Waals surface area contributed by atoms with Gasteiger partial charge in [-0.2, -0.15) is 0 Å². The summed E-state index contributed by atoms with van der Waals surface area (Å²) in [6.07, 6.45) is 0. The van der Waals surface area contributed by atoms with E-state index in [1.807, 2.05) is 73.7 Å². The number of carbonyl (C=O) groups excluding carboxylic acids is 1. The second kappa shape index (κ2) is 5.58. The molecular weight excluding hydrogens is 282 g/mol. The van der Waals surface area contributed by atoms with E-state index in [1.165, 1.54) is 0 Å². The van der Waals surface area contributed by atoms with Crippen molar-refractivity contribution in [1.29, 1.82) is 0 Å². The molecule has 3 heteroatoms. The van der Waals surface area contributed by atoms with Crippen LogP contribution < -0.4 is 0 Å². The molecule has 0 unspecified atom stereocenters. The molecule has 2 aromatic carbocycles. The van der Waals surface area contributed by atoms with E-state index in [9.17, 15) is 4.79 Å². The van der Waals surface area contributed by atoms with Gasteiger partial charge in [-0.3, -0.25) is 9.36 Å². The average molecular weight is 296 g/mol. The first-order valence-electron chi connectivity index (χ1n) is 6.71. The van der Waals surface area contributed by atoms with Crippen LogP contribution in [-0.2, 0) is 0 Å². The van der Waals surface area contributed by atoms with Gasteiger partial charge in [0.25, 0.3) is 5.91 Å². The molecule has 0 amide bonds. The summed E-state index contributed by atoms with van der Waals surface area (Å²) in [7, 11) is 0. The molecule has 0 aliphatic rings. The van der Waals surface area contributed by atoms with Crippen molar-refractivity contribution < 1.29 is 4.79 Å². The van der Waals surface area contributed by atoms with Gasteiger partial charge in [0.05, 0.1) is 5.69 Å². The maximum atomic E-state index is 12.7. The van der Waals surface area contributed by atoms with Gasteiger partial charge in [-0.25, -0.2) is 0 Å². The van der Waals surface area contributed by atoms with Crippen LogP contribution in [0.3, 0.4) is 0 Å². The Morgan fingerprint density at radius 3 is 2.24 bits per heavy atom. The zero-order chi connectivity index (χ0) is 14.8. The molecule has 0 bridgehead atoms. The Morgan fingerprint density at radius 1 is 0.905 bits per heavy atom. The summed E-state index contributed by atoms with van der Waals surface area (Å²) in [6, 6.07) is 20.7. The smallest absolute Gasteiger partial charge is 0.262 e. The standard InChI is InChI=1S/C18H14ClNO/c1-13-7-12-17(14-8-10-16(19)11-9-14)20(13)18(21)15-5-3-2-4-6-15/h2-12H,1H3. The number of hydrogen-bond acceptors (Lipinski definition) is 1. The molecule has 0 fully saturated rings. The Hall–Kier alpha value is -2.32. The summed E-state index contributed by atoms with van der Waals surface area (Å²) in [4.78, 5) is 12.7. The van der Waals surface area contributed by atoms with Crippen LogP contribution >= 0.6 is 11.6 Å².